The second-order valence-corrected chi connectivity index (χ2v) is 2.45. The van der Waals surface area contributed by atoms with Crippen LogP contribution in [-0.2, 0) is 0 Å². The van der Waals surface area contributed by atoms with Crippen LogP contribution in [0.25, 0.3) is 0 Å². The quantitative estimate of drug-likeness (QED) is 0.624. The Hall–Kier alpha value is -1.69. The number of nitrogens with one attached hydrogen (secondary N) is 1. The summed E-state index contributed by atoms with van der Waals surface area (Å²) in [4.78, 5) is 10.2. The second-order valence-electron chi connectivity index (χ2n) is 2.45. The fourth-order valence-corrected chi connectivity index (χ4v) is 0.742. The molecular weight excluding hydrogens is 174 g/mol. The number of amides is 1. The van der Waals surface area contributed by atoms with Crippen molar-refractivity contribution < 1.29 is 15.0 Å². The summed E-state index contributed by atoms with van der Waals surface area (Å²) in [6.07, 6.45) is -1.90. The normalized spacial score (nSPS) is 12.2. The Bertz CT molecular complexity index is 296. The lowest BCUT2D eigenvalue weighted by Crippen LogP contribution is -2.10. The highest BCUT2D eigenvalue weighted by atomic mass is 16.4. The summed E-state index contributed by atoms with van der Waals surface area (Å²) in [7, 11) is 0. The highest BCUT2D eigenvalue weighted by molar-refractivity contribution is 5.81. The van der Waals surface area contributed by atoms with Crippen molar-refractivity contribution in [3.8, 4) is 0 Å². The van der Waals surface area contributed by atoms with Gasteiger partial charge in [-0.25, -0.2) is 4.79 Å². The first kappa shape index (κ1) is 9.40. The highest BCUT2D eigenvalue weighted by Crippen LogP contribution is 2.08. The van der Waals surface area contributed by atoms with E-state index < -0.39 is 12.2 Å². The van der Waals surface area contributed by atoms with Gasteiger partial charge < -0.3 is 10.2 Å². The Labute approximate surface area is 74.2 Å². The van der Waals surface area contributed by atoms with Crippen LogP contribution < -0.4 is 5.32 Å². The van der Waals surface area contributed by atoms with E-state index in [0.29, 0.717) is 5.69 Å². The van der Waals surface area contributed by atoms with Gasteiger partial charge in [-0.2, -0.15) is 5.10 Å². The van der Waals surface area contributed by atoms with Crippen molar-refractivity contribution in [1.29, 1.82) is 0 Å². The largest absolute Gasteiger partial charge is 0.465 e. The lowest BCUT2D eigenvalue weighted by molar-refractivity contribution is 0.193. The summed E-state index contributed by atoms with van der Waals surface area (Å²) in [5, 5.41) is 26.6. The molecule has 0 spiro atoms. The second kappa shape index (κ2) is 3.81. The molecule has 1 unspecified atom stereocenters. The van der Waals surface area contributed by atoms with Gasteiger partial charge in [-0.15, -0.1) is 5.10 Å². The number of aromatic nitrogens is 2. The number of carboxylic acid groups (broad SMARTS) is 1. The number of hydrogen-bond donors (Lipinski definition) is 3. The van der Waals surface area contributed by atoms with E-state index in [0.717, 1.165) is 0 Å². The van der Waals surface area contributed by atoms with E-state index in [1.807, 2.05) is 5.32 Å². The van der Waals surface area contributed by atoms with Crippen LogP contribution in [0.4, 0.5) is 10.6 Å². The Kier molecular flexibility index (Phi) is 2.76. The van der Waals surface area contributed by atoms with Crippen LogP contribution in [0, 0.1) is 0 Å². The average molecular weight is 183 g/mol. The molecule has 0 aliphatic rings. The number of aliphatic hydroxyl groups excluding tert-OH is 1. The van der Waals surface area contributed by atoms with E-state index in [9.17, 15) is 4.79 Å². The monoisotopic (exact) mass is 183 g/mol. The molecule has 3 N–H and O–H groups in total. The van der Waals surface area contributed by atoms with Crippen molar-refractivity contribution in [1.82, 2.24) is 10.2 Å². The van der Waals surface area contributed by atoms with Crippen LogP contribution in [0.1, 0.15) is 18.7 Å². The van der Waals surface area contributed by atoms with Gasteiger partial charge in [-0.05, 0) is 19.1 Å². The average Bonchev–Trinajstić information content (AvgIpc) is 2.04. The van der Waals surface area contributed by atoms with E-state index >= 15 is 0 Å². The number of hydrogen-bond acceptors (Lipinski definition) is 4. The molecule has 0 aliphatic heterocycles. The van der Waals surface area contributed by atoms with E-state index in [1.165, 1.54) is 12.1 Å². The summed E-state index contributed by atoms with van der Waals surface area (Å²) in [5.41, 5.74) is 0.399. The molecule has 1 aromatic heterocycles. The Balaban J connectivity index is 2.75. The third kappa shape index (κ3) is 2.68. The van der Waals surface area contributed by atoms with E-state index in [2.05, 4.69) is 10.2 Å². The van der Waals surface area contributed by atoms with E-state index in [1.54, 1.807) is 6.92 Å². The summed E-state index contributed by atoms with van der Waals surface area (Å²) in [6, 6.07) is 2.94. The number of rotatable bonds is 2. The van der Waals surface area contributed by atoms with Crippen LogP contribution >= 0.6 is 0 Å². The van der Waals surface area contributed by atoms with Gasteiger partial charge in [0.2, 0.25) is 0 Å². The molecule has 1 amide bonds. The fraction of sp³-hybridized carbons (Fsp3) is 0.286. The van der Waals surface area contributed by atoms with Crippen LogP contribution in [0.15, 0.2) is 12.1 Å². The molecule has 0 saturated carbocycles. The smallest absolute Gasteiger partial charge is 0.410 e. The number of carbonyl (C=O) groups is 1. The minimum absolute atomic E-state index is 0.136. The number of aliphatic hydroxyl groups is 1. The first-order valence-electron chi connectivity index (χ1n) is 3.61. The third-order valence-corrected chi connectivity index (χ3v) is 1.35. The Morgan fingerprint density at radius 2 is 2.23 bits per heavy atom. The first-order chi connectivity index (χ1) is 6.09. The lowest BCUT2D eigenvalue weighted by atomic mass is 10.3. The van der Waals surface area contributed by atoms with E-state index in [4.69, 9.17) is 10.2 Å². The van der Waals surface area contributed by atoms with Gasteiger partial charge in [0.1, 0.15) is 0 Å². The summed E-state index contributed by atoms with van der Waals surface area (Å²) >= 11 is 0. The lowest BCUT2D eigenvalue weighted by Gasteiger charge is -2.02. The Morgan fingerprint density at radius 3 is 2.62 bits per heavy atom. The summed E-state index contributed by atoms with van der Waals surface area (Å²) in [5.74, 6) is 0.136. The standard InChI is InChI=1S/C7H9N3O3/c1-4(11)5-2-3-6(10-9-5)8-7(12)13/h2-4,11H,1H3,(H,8,10)(H,12,13). The van der Waals surface area contributed by atoms with Gasteiger partial charge in [-0.1, -0.05) is 0 Å². The van der Waals surface area contributed by atoms with Crippen molar-refractivity contribution in [2.24, 2.45) is 0 Å². The maximum Gasteiger partial charge on any atom is 0.410 e. The van der Waals surface area contributed by atoms with Gasteiger partial charge in [0.25, 0.3) is 0 Å². The van der Waals surface area contributed by atoms with Crippen LogP contribution in [0.5, 0.6) is 0 Å². The number of anilines is 1. The maximum atomic E-state index is 10.2. The van der Waals surface area contributed by atoms with Gasteiger partial charge in [0.15, 0.2) is 5.82 Å². The predicted octanol–water partition coefficient (Wildman–Crippen LogP) is 0.620. The molecule has 70 valence electrons. The molecular formula is C7H9N3O3. The van der Waals surface area contributed by atoms with Crippen molar-refractivity contribution in [3.05, 3.63) is 17.8 Å². The molecule has 0 bridgehead atoms. The molecule has 1 rings (SSSR count). The van der Waals surface area contributed by atoms with Gasteiger partial charge in [0, 0.05) is 0 Å². The molecule has 1 atom stereocenters. The van der Waals surface area contributed by atoms with Crippen molar-refractivity contribution in [2.75, 3.05) is 5.32 Å². The van der Waals surface area contributed by atoms with Gasteiger partial charge in [0.05, 0.1) is 11.8 Å². The summed E-state index contributed by atoms with van der Waals surface area (Å²) in [6.45, 7) is 1.55. The van der Waals surface area contributed by atoms with Gasteiger partial charge in [-0.3, -0.25) is 5.32 Å². The first-order valence-corrected chi connectivity index (χ1v) is 3.61. The third-order valence-electron chi connectivity index (χ3n) is 1.35. The molecule has 0 aromatic carbocycles. The molecule has 0 radical (unpaired) electrons. The Morgan fingerprint density at radius 1 is 1.54 bits per heavy atom. The zero-order chi connectivity index (χ0) is 9.84. The molecule has 13 heavy (non-hydrogen) atoms. The molecule has 0 saturated heterocycles. The number of nitrogens with zero attached hydrogens (tertiary/aromatic N) is 2. The van der Waals surface area contributed by atoms with Crippen LogP contribution in [-0.4, -0.2) is 26.5 Å². The highest BCUT2D eigenvalue weighted by Gasteiger charge is 2.04. The summed E-state index contributed by atoms with van der Waals surface area (Å²) < 4.78 is 0. The fourth-order valence-electron chi connectivity index (χ4n) is 0.742. The zero-order valence-electron chi connectivity index (χ0n) is 6.93. The van der Waals surface area contributed by atoms with Crippen molar-refractivity contribution in [3.63, 3.8) is 0 Å². The minimum Gasteiger partial charge on any atom is -0.465 e. The molecule has 1 aromatic rings. The van der Waals surface area contributed by atoms with Crippen molar-refractivity contribution >= 4 is 11.9 Å². The molecule has 6 nitrogen and oxygen atoms in total. The van der Waals surface area contributed by atoms with Crippen LogP contribution in [0.3, 0.4) is 0 Å². The topological polar surface area (TPSA) is 95.3 Å². The molecule has 0 fully saturated rings. The minimum atomic E-state index is -1.20. The van der Waals surface area contributed by atoms with E-state index in [-0.39, 0.29) is 5.82 Å². The van der Waals surface area contributed by atoms with Gasteiger partial charge >= 0.3 is 6.09 Å². The zero-order valence-corrected chi connectivity index (χ0v) is 6.93. The SMILES string of the molecule is CC(O)c1ccc(NC(=O)O)nn1. The molecule has 6 heteroatoms. The van der Waals surface area contributed by atoms with Crippen LogP contribution in [0.2, 0.25) is 0 Å². The maximum absolute atomic E-state index is 10.2. The van der Waals surface area contributed by atoms with Crippen molar-refractivity contribution in [2.45, 2.75) is 13.0 Å². The molecule has 1 heterocycles. The predicted molar refractivity (Wildman–Crippen MR) is 44.3 cm³/mol. The molecule has 0 aliphatic carbocycles.